The van der Waals surface area contributed by atoms with Crippen molar-refractivity contribution in [3.63, 3.8) is 0 Å². The Hall–Kier alpha value is -2.04. The van der Waals surface area contributed by atoms with Crippen molar-refractivity contribution < 1.29 is 17.9 Å². The van der Waals surface area contributed by atoms with E-state index in [1.807, 2.05) is 16.3 Å². The number of hydrogen-bond donors (Lipinski definition) is 0. The first kappa shape index (κ1) is 21.8. The number of morpholine rings is 1. The number of carbonyl (C=O) groups is 1. The molecule has 0 unspecified atom stereocenters. The molecule has 0 N–H and O–H groups in total. The zero-order chi connectivity index (χ0) is 22.3. The summed E-state index contributed by atoms with van der Waals surface area (Å²) in [6, 6.07) is 11.1. The summed E-state index contributed by atoms with van der Waals surface area (Å²) in [5, 5.41) is 4.11. The van der Waals surface area contributed by atoms with Gasteiger partial charge in [-0.3, -0.25) is 4.79 Å². The molecular weight excluding hydrogens is 464 g/mol. The van der Waals surface area contributed by atoms with Crippen molar-refractivity contribution in [2.45, 2.75) is 24.3 Å². The summed E-state index contributed by atoms with van der Waals surface area (Å²) in [5.74, 6) is -0.140. The molecule has 1 amide bonds. The van der Waals surface area contributed by atoms with Gasteiger partial charge in [0.05, 0.1) is 24.2 Å². The Morgan fingerprint density at radius 1 is 1.06 bits per heavy atom. The highest BCUT2D eigenvalue weighted by atomic mass is 32.2. The van der Waals surface area contributed by atoms with E-state index in [1.165, 1.54) is 14.7 Å². The molecule has 0 radical (unpaired) electrons. The van der Waals surface area contributed by atoms with Crippen molar-refractivity contribution in [2.75, 3.05) is 32.8 Å². The minimum Gasteiger partial charge on any atom is -0.379 e. The molecule has 2 aromatic heterocycles. The zero-order valence-electron chi connectivity index (χ0n) is 17.7. The Morgan fingerprint density at radius 2 is 1.88 bits per heavy atom. The Balaban J connectivity index is 1.51. The molecule has 2 aliphatic heterocycles. The van der Waals surface area contributed by atoms with Crippen molar-refractivity contribution in [1.29, 1.82) is 0 Å². The molecule has 0 saturated carbocycles. The lowest BCUT2D eigenvalue weighted by molar-refractivity contribution is 0.0698. The van der Waals surface area contributed by atoms with Crippen molar-refractivity contribution in [3.8, 4) is 0 Å². The normalized spacial score (nSPS) is 19.7. The molecule has 0 spiro atoms. The fourth-order valence-electron chi connectivity index (χ4n) is 4.39. The number of aryl methyl sites for hydroxylation is 1. The van der Waals surface area contributed by atoms with Crippen LogP contribution in [0.3, 0.4) is 0 Å². The number of ether oxygens (including phenoxy) is 1. The molecule has 168 valence electrons. The minimum absolute atomic E-state index is 0.140. The topological polar surface area (TPSA) is 66.9 Å². The summed E-state index contributed by atoms with van der Waals surface area (Å²) in [6.07, 6.45) is 0.811. The van der Waals surface area contributed by atoms with Gasteiger partial charge in [0.25, 0.3) is 5.91 Å². The second-order valence-corrected chi connectivity index (χ2v) is 11.8. The summed E-state index contributed by atoms with van der Waals surface area (Å²) < 4.78 is 33.3. The van der Waals surface area contributed by atoms with Gasteiger partial charge < -0.3 is 9.64 Å². The van der Waals surface area contributed by atoms with Crippen LogP contribution in [0.4, 0.5) is 0 Å². The average molecular weight is 489 g/mol. The highest BCUT2D eigenvalue weighted by molar-refractivity contribution is 7.89. The molecular formula is C23H24N2O4S3. The number of fused-ring (bicyclic) bond motifs is 1. The van der Waals surface area contributed by atoms with Gasteiger partial charge in [-0.2, -0.15) is 4.31 Å². The molecule has 1 fully saturated rings. The third-order valence-corrected chi connectivity index (χ3v) is 10.0. The first-order valence-corrected chi connectivity index (χ1v) is 13.8. The van der Waals surface area contributed by atoms with Crippen LogP contribution in [0, 0.1) is 6.92 Å². The number of thiophene rings is 2. The van der Waals surface area contributed by atoms with Crippen LogP contribution in [0.1, 0.15) is 37.3 Å². The highest BCUT2D eigenvalue weighted by Crippen LogP contribution is 2.40. The zero-order valence-corrected chi connectivity index (χ0v) is 20.1. The van der Waals surface area contributed by atoms with E-state index in [9.17, 15) is 13.2 Å². The predicted molar refractivity (Wildman–Crippen MR) is 126 cm³/mol. The van der Waals surface area contributed by atoms with Crippen LogP contribution >= 0.6 is 22.7 Å². The summed E-state index contributed by atoms with van der Waals surface area (Å²) in [4.78, 5) is 18.2. The summed E-state index contributed by atoms with van der Waals surface area (Å²) in [6.45, 7) is 3.80. The number of rotatable bonds is 4. The Morgan fingerprint density at radius 3 is 2.62 bits per heavy atom. The quantitative estimate of drug-likeness (QED) is 0.558. The lowest BCUT2D eigenvalue weighted by atomic mass is 9.97. The van der Waals surface area contributed by atoms with E-state index >= 15 is 0 Å². The predicted octanol–water partition coefficient (Wildman–Crippen LogP) is 3.93. The minimum atomic E-state index is -3.69. The Bertz CT molecular complexity index is 1230. The van der Waals surface area contributed by atoms with Gasteiger partial charge in [0.1, 0.15) is 0 Å². The molecule has 2 aliphatic rings. The van der Waals surface area contributed by atoms with Gasteiger partial charge in [0.2, 0.25) is 10.0 Å². The fraction of sp³-hybridized carbons (Fsp3) is 0.348. The number of amides is 1. The maximum absolute atomic E-state index is 13.7. The van der Waals surface area contributed by atoms with E-state index in [4.69, 9.17) is 4.74 Å². The van der Waals surface area contributed by atoms with Crippen LogP contribution in [0.25, 0.3) is 0 Å². The first-order chi connectivity index (χ1) is 15.5. The molecule has 5 rings (SSSR count). The summed E-state index contributed by atoms with van der Waals surface area (Å²) in [5.41, 5.74) is 2.22. The van der Waals surface area contributed by atoms with E-state index in [1.54, 1.807) is 47.8 Å². The van der Waals surface area contributed by atoms with Crippen molar-refractivity contribution in [3.05, 3.63) is 73.6 Å². The van der Waals surface area contributed by atoms with Crippen LogP contribution in [0.2, 0.25) is 0 Å². The van der Waals surface area contributed by atoms with Crippen LogP contribution in [0.15, 0.2) is 52.1 Å². The van der Waals surface area contributed by atoms with Crippen molar-refractivity contribution >= 4 is 38.6 Å². The van der Waals surface area contributed by atoms with Crippen LogP contribution in [-0.2, 0) is 21.2 Å². The SMILES string of the molecule is Cc1ccc(C(=O)N2CCc3sccc3[C@@H]2c2cccs2)cc1S(=O)(=O)N1CCOCC1. The second-order valence-electron chi connectivity index (χ2n) is 7.96. The number of carbonyl (C=O) groups excluding carboxylic acids is 1. The van der Waals surface area contributed by atoms with E-state index in [-0.39, 0.29) is 16.8 Å². The monoisotopic (exact) mass is 488 g/mol. The van der Waals surface area contributed by atoms with Gasteiger partial charge in [-0.05, 0) is 59.5 Å². The van der Waals surface area contributed by atoms with Gasteiger partial charge in [-0.15, -0.1) is 22.7 Å². The number of nitrogens with zero attached hydrogens (tertiary/aromatic N) is 2. The first-order valence-electron chi connectivity index (χ1n) is 10.6. The standard InChI is InChI=1S/C23H24N2O4S3/c1-16-4-5-17(15-21(16)32(27,28)24-9-11-29-12-10-24)23(26)25-8-6-19-18(7-14-31-19)22(25)20-3-2-13-30-20/h2-5,7,13-15,22H,6,8-12H2,1H3/t22-/m1/s1. The Labute approximate surface area is 196 Å². The lowest BCUT2D eigenvalue weighted by Gasteiger charge is -2.35. The van der Waals surface area contributed by atoms with E-state index in [0.29, 0.717) is 44.0 Å². The molecule has 4 heterocycles. The maximum atomic E-state index is 13.7. The van der Waals surface area contributed by atoms with E-state index in [2.05, 4.69) is 17.5 Å². The molecule has 3 aromatic rings. The van der Waals surface area contributed by atoms with E-state index in [0.717, 1.165) is 11.3 Å². The second kappa shape index (κ2) is 8.72. The lowest BCUT2D eigenvalue weighted by Crippen LogP contribution is -2.41. The molecule has 1 saturated heterocycles. The third-order valence-electron chi connectivity index (χ3n) is 6.06. The molecule has 32 heavy (non-hydrogen) atoms. The molecule has 9 heteroatoms. The largest absolute Gasteiger partial charge is 0.379 e. The van der Waals surface area contributed by atoms with Gasteiger partial charge in [0.15, 0.2) is 0 Å². The molecule has 0 aliphatic carbocycles. The average Bonchev–Trinajstić information content (AvgIpc) is 3.51. The van der Waals surface area contributed by atoms with Crippen LogP contribution in [0.5, 0.6) is 0 Å². The smallest absolute Gasteiger partial charge is 0.254 e. The highest BCUT2D eigenvalue weighted by Gasteiger charge is 2.35. The number of hydrogen-bond acceptors (Lipinski definition) is 6. The number of benzene rings is 1. The van der Waals surface area contributed by atoms with Gasteiger partial charge in [0, 0.05) is 35.0 Å². The summed E-state index contributed by atoms with van der Waals surface area (Å²) >= 11 is 3.37. The van der Waals surface area contributed by atoms with Gasteiger partial charge >= 0.3 is 0 Å². The molecule has 0 bridgehead atoms. The Kier molecular flexibility index (Phi) is 5.94. The van der Waals surface area contributed by atoms with Gasteiger partial charge in [-0.1, -0.05) is 12.1 Å². The van der Waals surface area contributed by atoms with E-state index < -0.39 is 10.0 Å². The maximum Gasteiger partial charge on any atom is 0.254 e. The molecule has 1 atom stereocenters. The summed E-state index contributed by atoms with van der Waals surface area (Å²) in [7, 11) is -3.69. The van der Waals surface area contributed by atoms with Crippen molar-refractivity contribution in [1.82, 2.24) is 9.21 Å². The number of sulfonamides is 1. The van der Waals surface area contributed by atoms with Crippen LogP contribution < -0.4 is 0 Å². The fourth-order valence-corrected chi connectivity index (χ4v) is 7.81. The molecule has 1 aromatic carbocycles. The van der Waals surface area contributed by atoms with Crippen LogP contribution in [-0.4, -0.2) is 56.4 Å². The van der Waals surface area contributed by atoms with Gasteiger partial charge in [-0.25, -0.2) is 8.42 Å². The molecule has 6 nitrogen and oxygen atoms in total. The van der Waals surface area contributed by atoms with Crippen molar-refractivity contribution in [2.24, 2.45) is 0 Å². The third kappa shape index (κ3) is 3.82.